The molecule has 0 radical (unpaired) electrons. The molecular weight excluding hydrogens is 464 g/mol. The summed E-state index contributed by atoms with van der Waals surface area (Å²) in [5.41, 5.74) is 0.387. The summed E-state index contributed by atoms with van der Waals surface area (Å²) < 4.78 is 11.6. The number of rotatable bonds is 7. The van der Waals surface area contributed by atoms with Crippen LogP contribution < -0.4 is 10.1 Å². The van der Waals surface area contributed by atoms with Crippen LogP contribution in [0.1, 0.15) is 46.5 Å². The maximum atomic E-state index is 12.3. The smallest absolute Gasteiger partial charge is 0.410 e. The molecular formula is C27H35ClN4O3. The summed E-state index contributed by atoms with van der Waals surface area (Å²) >= 11 is 6.01. The molecule has 2 aromatic rings. The largest absolute Gasteiger partial charge is 0.493 e. The van der Waals surface area contributed by atoms with Gasteiger partial charge in [-0.3, -0.25) is 0 Å². The minimum absolute atomic E-state index is 0.230. The van der Waals surface area contributed by atoms with Crippen molar-refractivity contribution in [2.45, 2.75) is 52.1 Å². The third-order valence-electron chi connectivity index (χ3n) is 6.31. The number of amides is 1. The molecule has 2 aliphatic rings. The number of piperidine rings is 1. The molecule has 1 fully saturated rings. The number of likely N-dealkylation sites (tertiary alicyclic amines) is 1. The van der Waals surface area contributed by atoms with Gasteiger partial charge in [-0.2, -0.15) is 0 Å². The molecule has 1 aromatic carbocycles. The topological polar surface area (TPSA) is 76.6 Å². The molecule has 0 spiro atoms. The fraction of sp³-hybridized carbons (Fsp3) is 0.519. The van der Waals surface area contributed by atoms with Gasteiger partial charge in [0.1, 0.15) is 23.5 Å². The van der Waals surface area contributed by atoms with Crippen molar-refractivity contribution in [1.82, 2.24) is 14.9 Å². The minimum Gasteiger partial charge on any atom is -0.493 e. The van der Waals surface area contributed by atoms with Gasteiger partial charge in [-0.1, -0.05) is 23.8 Å². The fourth-order valence-corrected chi connectivity index (χ4v) is 4.48. The van der Waals surface area contributed by atoms with E-state index in [1.165, 1.54) is 0 Å². The first kappa shape index (κ1) is 25.3. The predicted molar refractivity (Wildman–Crippen MR) is 140 cm³/mol. The normalized spacial score (nSPS) is 18.9. The highest BCUT2D eigenvalue weighted by molar-refractivity contribution is 6.31. The third-order valence-corrected chi connectivity index (χ3v) is 6.59. The minimum atomic E-state index is -0.467. The second kappa shape index (κ2) is 11.3. The van der Waals surface area contributed by atoms with E-state index < -0.39 is 5.60 Å². The van der Waals surface area contributed by atoms with Gasteiger partial charge in [-0.15, -0.1) is 0 Å². The molecule has 0 bridgehead atoms. The Bertz CT molecular complexity index is 1090. The van der Waals surface area contributed by atoms with E-state index in [4.69, 9.17) is 21.1 Å². The number of aromatic nitrogens is 2. The van der Waals surface area contributed by atoms with Crippen molar-refractivity contribution in [3.63, 3.8) is 0 Å². The lowest BCUT2D eigenvalue weighted by Crippen LogP contribution is -2.42. The molecule has 2 heterocycles. The highest BCUT2D eigenvalue weighted by Gasteiger charge is 2.27. The van der Waals surface area contributed by atoms with E-state index in [1.807, 2.05) is 45.0 Å². The number of hydrogen-bond donors (Lipinski definition) is 1. The number of nitrogens with zero attached hydrogens (tertiary/aromatic N) is 3. The molecule has 4 rings (SSSR count). The molecule has 1 unspecified atom stereocenters. The number of fused-ring (bicyclic) bond motifs is 1. The summed E-state index contributed by atoms with van der Waals surface area (Å²) in [4.78, 5) is 22.9. The van der Waals surface area contributed by atoms with E-state index in [2.05, 4.69) is 27.4 Å². The first-order valence-corrected chi connectivity index (χ1v) is 12.8. The van der Waals surface area contributed by atoms with Crippen LogP contribution in [-0.2, 0) is 4.74 Å². The number of benzene rings is 1. The van der Waals surface area contributed by atoms with E-state index in [0.717, 1.165) is 59.7 Å². The van der Waals surface area contributed by atoms with Crippen molar-refractivity contribution in [1.29, 1.82) is 0 Å². The first-order chi connectivity index (χ1) is 16.8. The lowest BCUT2D eigenvalue weighted by molar-refractivity contribution is 0.0165. The Morgan fingerprint density at radius 3 is 2.74 bits per heavy atom. The van der Waals surface area contributed by atoms with Crippen LogP contribution in [0.2, 0.25) is 0 Å². The molecule has 8 heteroatoms. The molecule has 1 atom stereocenters. The molecule has 1 amide bonds. The van der Waals surface area contributed by atoms with Gasteiger partial charge in [0.15, 0.2) is 0 Å². The van der Waals surface area contributed by atoms with Crippen molar-refractivity contribution in [2.75, 3.05) is 31.6 Å². The van der Waals surface area contributed by atoms with Gasteiger partial charge in [0.25, 0.3) is 0 Å². The SMILES string of the molecule is CC(C)(C)OC(=O)N1CCC(COc2ccc3c(NCCC4C=CC(Cl)=CC4)ncnc3c2)CC1. The van der Waals surface area contributed by atoms with Crippen LogP contribution in [0.15, 0.2) is 47.8 Å². The highest BCUT2D eigenvalue weighted by Crippen LogP contribution is 2.27. The van der Waals surface area contributed by atoms with Crippen LogP contribution >= 0.6 is 11.6 Å². The van der Waals surface area contributed by atoms with Crippen molar-refractivity contribution in [3.8, 4) is 5.75 Å². The molecule has 1 saturated heterocycles. The summed E-state index contributed by atoms with van der Waals surface area (Å²) in [5, 5.41) is 5.25. The Labute approximate surface area is 212 Å². The maximum Gasteiger partial charge on any atom is 0.410 e. The van der Waals surface area contributed by atoms with Gasteiger partial charge in [0.05, 0.1) is 12.1 Å². The van der Waals surface area contributed by atoms with Gasteiger partial charge in [-0.25, -0.2) is 14.8 Å². The number of halogens is 1. The molecule has 1 aliphatic carbocycles. The maximum absolute atomic E-state index is 12.3. The molecule has 1 N–H and O–H groups in total. The van der Waals surface area contributed by atoms with Gasteiger partial charge >= 0.3 is 6.09 Å². The number of hydrogen-bond acceptors (Lipinski definition) is 6. The lowest BCUT2D eigenvalue weighted by atomic mass is 9.97. The van der Waals surface area contributed by atoms with Crippen LogP contribution in [-0.4, -0.2) is 52.8 Å². The molecule has 188 valence electrons. The van der Waals surface area contributed by atoms with Crippen LogP contribution in [0.4, 0.5) is 10.6 Å². The average molecular weight is 499 g/mol. The quantitative estimate of drug-likeness (QED) is 0.493. The average Bonchev–Trinajstić information content (AvgIpc) is 2.83. The second-order valence-corrected chi connectivity index (χ2v) is 10.7. The predicted octanol–water partition coefficient (Wildman–Crippen LogP) is 6.16. The lowest BCUT2D eigenvalue weighted by Gasteiger charge is -2.33. The molecule has 35 heavy (non-hydrogen) atoms. The summed E-state index contributed by atoms with van der Waals surface area (Å²) in [7, 11) is 0. The number of anilines is 1. The van der Waals surface area contributed by atoms with E-state index in [9.17, 15) is 4.79 Å². The Balaban J connectivity index is 1.26. The first-order valence-electron chi connectivity index (χ1n) is 12.4. The van der Waals surface area contributed by atoms with E-state index in [-0.39, 0.29) is 6.09 Å². The number of ether oxygens (including phenoxy) is 2. The van der Waals surface area contributed by atoms with Gasteiger partial charge in [0, 0.05) is 36.1 Å². The highest BCUT2D eigenvalue weighted by atomic mass is 35.5. The third kappa shape index (κ3) is 7.34. The van der Waals surface area contributed by atoms with Gasteiger partial charge in [0.2, 0.25) is 0 Å². The Morgan fingerprint density at radius 2 is 2.03 bits per heavy atom. The Morgan fingerprint density at radius 1 is 1.23 bits per heavy atom. The zero-order valence-electron chi connectivity index (χ0n) is 20.8. The number of carbonyl (C=O) groups excluding carboxylic acids is 1. The summed E-state index contributed by atoms with van der Waals surface area (Å²) in [5.74, 6) is 2.54. The molecule has 0 saturated carbocycles. The van der Waals surface area contributed by atoms with Crippen LogP contribution in [0.5, 0.6) is 5.75 Å². The number of allylic oxidation sites excluding steroid dienone is 4. The van der Waals surface area contributed by atoms with Gasteiger partial charge in [-0.05, 0) is 76.5 Å². The van der Waals surface area contributed by atoms with E-state index in [1.54, 1.807) is 11.2 Å². The summed E-state index contributed by atoms with van der Waals surface area (Å²) in [6.45, 7) is 8.52. The molecule has 1 aliphatic heterocycles. The zero-order valence-corrected chi connectivity index (χ0v) is 21.6. The van der Waals surface area contributed by atoms with E-state index in [0.29, 0.717) is 31.5 Å². The van der Waals surface area contributed by atoms with Crippen molar-refractivity contribution in [3.05, 3.63) is 47.8 Å². The Hall–Kier alpha value is -2.80. The standard InChI is InChI=1S/C27H35ClN4O3/c1-27(2,3)35-26(33)32-14-11-20(12-15-32)17-34-22-8-9-23-24(16-22)30-18-31-25(23)29-13-10-19-4-6-21(28)7-5-19/h4,6-9,16,18-20H,5,10-15,17H2,1-3H3,(H,29,30,31). The Kier molecular flexibility index (Phi) is 8.16. The number of carbonyl (C=O) groups is 1. The summed E-state index contributed by atoms with van der Waals surface area (Å²) in [6.07, 6.45) is 11.4. The van der Waals surface area contributed by atoms with E-state index >= 15 is 0 Å². The van der Waals surface area contributed by atoms with Gasteiger partial charge < -0.3 is 19.7 Å². The van der Waals surface area contributed by atoms with Crippen molar-refractivity contribution < 1.29 is 14.3 Å². The van der Waals surface area contributed by atoms with Crippen molar-refractivity contribution in [2.24, 2.45) is 11.8 Å². The molecule has 7 nitrogen and oxygen atoms in total. The second-order valence-electron chi connectivity index (χ2n) is 10.3. The zero-order chi connectivity index (χ0) is 24.8. The van der Waals surface area contributed by atoms with Crippen LogP contribution in [0, 0.1) is 11.8 Å². The number of nitrogens with one attached hydrogen (secondary N) is 1. The van der Waals surface area contributed by atoms with Crippen LogP contribution in [0.25, 0.3) is 10.9 Å². The summed E-state index contributed by atoms with van der Waals surface area (Å²) in [6, 6.07) is 5.96. The van der Waals surface area contributed by atoms with Crippen LogP contribution in [0.3, 0.4) is 0 Å². The van der Waals surface area contributed by atoms with Crippen molar-refractivity contribution >= 4 is 34.4 Å². The monoisotopic (exact) mass is 498 g/mol. The molecule has 1 aromatic heterocycles. The fourth-order valence-electron chi connectivity index (χ4n) is 4.32.